The number of carbonyl (C=O) groups is 1. The van der Waals surface area contributed by atoms with Crippen molar-refractivity contribution in [3.63, 3.8) is 0 Å². The fraction of sp³-hybridized carbons (Fsp3) is 0.471. The van der Waals surface area contributed by atoms with E-state index in [1.807, 2.05) is 19.1 Å². The minimum absolute atomic E-state index is 0.0307. The highest BCUT2D eigenvalue weighted by Gasteiger charge is 2.23. The van der Waals surface area contributed by atoms with Gasteiger partial charge in [-0.25, -0.2) is 4.68 Å². The lowest BCUT2D eigenvalue weighted by molar-refractivity contribution is -0.132. The fourth-order valence-electron chi connectivity index (χ4n) is 2.96. The van der Waals surface area contributed by atoms with Gasteiger partial charge in [0.2, 0.25) is 5.91 Å². The molecule has 1 aliphatic heterocycles. The third kappa shape index (κ3) is 3.32. The van der Waals surface area contributed by atoms with E-state index in [2.05, 4.69) is 5.10 Å². The van der Waals surface area contributed by atoms with E-state index in [9.17, 15) is 14.7 Å². The van der Waals surface area contributed by atoms with E-state index in [4.69, 9.17) is 4.74 Å². The largest absolute Gasteiger partial charge is 0.396 e. The van der Waals surface area contributed by atoms with Gasteiger partial charge in [-0.2, -0.15) is 5.10 Å². The van der Waals surface area contributed by atoms with Crippen molar-refractivity contribution in [2.45, 2.75) is 13.5 Å². The molecular formula is C17H21N3O4. The van der Waals surface area contributed by atoms with Gasteiger partial charge in [0.05, 0.1) is 24.3 Å². The van der Waals surface area contributed by atoms with E-state index in [1.165, 1.54) is 4.68 Å². The molecule has 7 nitrogen and oxygen atoms in total. The lowest BCUT2D eigenvalue weighted by Crippen LogP contribution is -2.41. The first-order chi connectivity index (χ1) is 11.6. The molecule has 1 amide bonds. The normalized spacial score (nSPS) is 18.6. The van der Waals surface area contributed by atoms with E-state index in [0.717, 1.165) is 5.39 Å². The third-order valence-electron chi connectivity index (χ3n) is 4.29. The Morgan fingerprint density at radius 1 is 1.38 bits per heavy atom. The lowest BCUT2D eigenvalue weighted by Gasteiger charge is -2.23. The number of aliphatic hydroxyl groups excluding tert-OH is 1. The zero-order valence-corrected chi connectivity index (χ0v) is 13.6. The van der Waals surface area contributed by atoms with Gasteiger partial charge in [0.1, 0.15) is 6.54 Å². The van der Waals surface area contributed by atoms with Crippen molar-refractivity contribution in [1.29, 1.82) is 0 Å². The molecule has 1 saturated heterocycles. The average molecular weight is 331 g/mol. The summed E-state index contributed by atoms with van der Waals surface area (Å²) in [5, 5.41) is 15.0. The molecule has 2 heterocycles. The van der Waals surface area contributed by atoms with Gasteiger partial charge in [0.25, 0.3) is 5.56 Å². The molecule has 24 heavy (non-hydrogen) atoms. The van der Waals surface area contributed by atoms with Gasteiger partial charge >= 0.3 is 0 Å². The lowest BCUT2D eigenvalue weighted by atomic mass is 10.1. The van der Waals surface area contributed by atoms with Crippen LogP contribution in [-0.2, 0) is 16.1 Å². The topological polar surface area (TPSA) is 84.7 Å². The Hall–Kier alpha value is -2.25. The first-order valence-electron chi connectivity index (χ1n) is 8.03. The molecule has 7 heteroatoms. The van der Waals surface area contributed by atoms with Crippen LogP contribution in [0.1, 0.15) is 5.69 Å². The number of aryl methyl sites for hydroxylation is 1. The van der Waals surface area contributed by atoms with Crippen LogP contribution in [-0.4, -0.2) is 58.6 Å². The van der Waals surface area contributed by atoms with Crippen molar-refractivity contribution in [1.82, 2.24) is 14.7 Å². The molecule has 1 fully saturated rings. The maximum absolute atomic E-state index is 12.6. The molecule has 0 unspecified atom stereocenters. The van der Waals surface area contributed by atoms with Crippen LogP contribution in [0.5, 0.6) is 0 Å². The maximum atomic E-state index is 12.6. The molecule has 0 bridgehead atoms. The van der Waals surface area contributed by atoms with E-state index in [-0.39, 0.29) is 30.5 Å². The predicted octanol–water partition coefficient (Wildman–Crippen LogP) is 0.172. The maximum Gasteiger partial charge on any atom is 0.275 e. The number of nitrogens with zero attached hydrogens (tertiary/aromatic N) is 3. The van der Waals surface area contributed by atoms with Gasteiger partial charge in [0.15, 0.2) is 0 Å². The minimum atomic E-state index is -0.269. The van der Waals surface area contributed by atoms with E-state index >= 15 is 0 Å². The van der Waals surface area contributed by atoms with E-state index in [0.29, 0.717) is 37.4 Å². The Morgan fingerprint density at radius 3 is 2.88 bits per heavy atom. The molecular weight excluding hydrogens is 310 g/mol. The van der Waals surface area contributed by atoms with Gasteiger partial charge in [-0.15, -0.1) is 0 Å². The number of rotatable bonds is 3. The summed E-state index contributed by atoms with van der Waals surface area (Å²) in [5.41, 5.74) is 0.444. The number of ether oxygens (including phenoxy) is 1. The van der Waals surface area contributed by atoms with Crippen molar-refractivity contribution < 1.29 is 14.6 Å². The molecule has 1 aliphatic rings. The summed E-state index contributed by atoms with van der Waals surface area (Å²) < 4.78 is 6.61. The highest BCUT2D eigenvalue weighted by Crippen LogP contribution is 2.12. The average Bonchev–Trinajstić information content (AvgIpc) is 2.85. The van der Waals surface area contributed by atoms with Gasteiger partial charge in [-0.05, 0) is 13.0 Å². The highest BCUT2D eigenvalue weighted by molar-refractivity contribution is 5.83. The number of amides is 1. The smallest absolute Gasteiger partial charge is 0.275 e. The number of benzene rings is 1. The van der Waals surface area contributed by atoms with Crippen LogP contribution in [0.15, 0.2) is 29.1 Å². The van der Waals surface area contributed by atoms with Crippen LogP contribution in [0, 0.1) is 12.8 Å². The Bertz CT molecular complexity index is 802. The molecule has 0 saturated carbocycles. The van der Waals surface area contributed by atoms with Crippen LogP contribution in [0.2, 0.25) is 0 Å². The van der Waals surface area contributed by atoms with Crippen LogP contribution in [0.4, 0.5) is 0 Å². The van der Waals surface area contributed by atoms with E-state index in [1.54, 1.807) is 17.0 Å². The van der Waals surface area contributed by atoms with Crippen LogP contribution in [0.3, 0.4) is 0 Å². The van der Waals surface area contributed by atoms with Gasteiger partial charge in [0, 0.05) is 31.0 Å². The summed E-state index contributed by atoms with van der Waals surface area (Å²) in [5.74, 6) is -0.289. The molecule has 0 spiro atoms. The second kappa shape index (κ2) is 7.11. The molecule has 3 rings (SSSR count). The molecule has 2 aromatic rings. The van der Waals surface area contributed by atoms with Crippen LogP contribution < -0.4 is 5.56 Å². The number of hydrogen-bond donors (Lipinski definition) is 1. The zero-order valence-electron chi connectivity index (χ0n) is 13.6. The second-order valence-corrected chi connectivity index (χ2v) is 6.06. The molecule has 128 valence electrons. The zero-order chi connectivity index (χ0) is 17.1. The number of carbonyl (C=O) groups excluding carboxylic acids is 1. The van der Waals surface area contributed by atoms with Crippen molar-refractivity contribution in [2.24, 2.45) is 5.92 Å². The Morgan fingerprint density at radius 2 is 2.12 bits per heavy atom. The number of aliphatic hydroxyl groups is 1. The second-order valence-electron chi connectivity index (χ2n) is 6.06. The molecule has 0 radical (unpaired) electrons. The monoisotopic (exact) mass is 331 g/mol. The molecule has 1 atom stereocenters. The standard InChI is InChI=1S/C17H21N3O4/c1-12-14-4-2-3-5-15(14)17(23)20(18-12)9-16(22)19-6-7-24-11-13(8-19)10-21/h2-5,13,21H,6-11H2,1H3/t13-/m0/s1. The number of fused-ring (bicyclic) bond motifs is 1. The van der Waals surface area contributed by atoms with Crippen molar-refractivity contribution in [2.75, 3.05) is 32.9 Å². The van der Waals surface area contributed by atoms with Gasteiger partial charge in [-0.1, -0.05) is 18.2 Å². The Kier molecular flexibility index (Phi) is 4.92. The van der Waals surface area contributed by atoms with E-state index < -0.39 is 0 Å². The van der Waals surface area contributed by atoms with Crippen molar-refractivity contribution in [3.05, 3.63) is 40.3 Å². The molecule has 1 aromatic carbocycles. The fourth-order valence-corrected chi connectivity index (χ4v) is 2.96. The minimum Gasteiger partial charge on any atom is -0.396 e. The molecule has 0 aliphatic carbocycles. The summed E-state index contributed by atoms with van der Waals surface area (Å²) in [6.07, 6.45) is 0. The summed E-state index contributed by atoms with van der Waals surface area (Å²) >= 11 is 0. The first kappa shape index (κ1) is 16.6. The summed E-state index contributed by atoms with van der Waals surface area (Å²) in [4.78, 5) is 26.8. The van der Waals surface area contributed by atoms with Crippen LogP contribution >= 0.6 is 0 Å². The SMILES string of the molecule is Cc1nn(CC(=O)N2CCOC[C@H](CO)C2)c(=O)c2ccccc12. The Labute approximate surface area is 139 Å². The van der Waals surface area contributed by atoms with Crippen LogP contribution in [0.25, 0.3) is 10.8 Å². The molecule has 1 aromatic heterocycles. The van der Waals surface area contributed by atoms with Gasteiger partial charge < -0.3 is 14.7 Å². The number of hydrogen-bond acceptors (Lipinski definition) is 5. The number of aromatic nitrogens is 2. The Balaban J connectivity index is 1.85. The first-order valence-corrected chi connectivity index (χ1v) is 8.03. The summed E-state index contributed by atoms with van der Waals surface area (Å²) in [7, 11) is 0. The third-order valence-corrected chi connectivity index (χ3v) is 4.29. The molecule has 1 N–H and O–H groups in total. The quantitative estimate of drug-likeness (QED) is 0.867. The van der Waals surface area contributed by atoms with Crippen molar-refractivity contribution >= 4 is 16.7 Å². The highest BCUT2D eigenvalue weighted by atomic mass is 16.5. The summed E-state index contributed by atoms with van der Waals surface area (Å²) in [6, 6.07) is 7.25. The summed E-state index contributed by atoms with van der Waals surface area (Å²) in [6.45, 7) is 3.44. The van der Waals surface area contributed by atoms with Crippen molar-refractivity contribution in [3.8, 4) is 0 Å². The predicted molar refractivity (Wildman–Crippen MR) is 88.7 cm³/mol. The van der Waals surface area contributed by atoms with Gasteiger partial charge in [-0.3, -0.25) is 9.59 Å².